The molecule has 1 aliphatic rings. The second-order valence-corrected chi connectivity index (χ2v) is 9.93. The number of nitrogens with one attached hydrogen (secondary N) is 2. The van der Waals surface area contributed by atoms with Crippen molar-refractivity contribution in [1.29, 1.82) is 0 Å². The van der Waals surface area contributed by atoms with E-state index in [4.69, 9.17) is 12.2 Å². The molecule has 0 spiro atoms. The maximum Gasteiger partial charge on any atom is 0.226 e. The SMILES string of the molecule is Cc1ccccc1NC(=O)CCN1C(=S)N[C@H](c2ccccn2)[C@@H]1c1cc(C)n(-c2ccccc2F)c1C. The van der Waals surface area contributed by atoms with Crippen LogP contribution in [0.5, 0.6) is 0 Å². The fourth-order valence-electron chi connectivity index (χ4n) is 5.22. The summed E-state index contributed by atoms with van der Waals surface area (Å²) in [5.74, 6) is -0.370. The lowest BCUT2D eigenvalue weighted by molar-refractivity contribution is -0.116. The predicted molar refractivity (Wildman–Crippen MR) is 152 cm³/mol. The Morgan fingerprint density at radius 1 is 1.05 bits per heavy atom. The minimum Gasteiger partial charge on any atom is -0.352 e. The van der Waals surface area contributed by atoms with E-state index in [2.05, 4.69) is 26.6 Å². The van der Waals surface area contributed by atoms with Gasteiger partial charge in [0, 0.05) is 36.2 Å². The van der Waals surface area contributed by atoms with Crippen LogP contribution in [0.15, 0.2) is 79.0 Å². The Labute approximate surface area is 227 Å². The molecule has 8 heteroatoms. The fraction of sp³-hybridized carbons (Fsp3) is 0.233. The molecule has 2 aromatic heterocycles. The molecule has 0 radical (unpaired) electrons. The number of carbonyl (C=O) groups is 1. The Balaban J connectivity index is 1.48. The topological polar surface area (TPSA) is 62.2 Å². The number of halogens is 1. The first kappa shape index (κ1) is 25.6. The summed E-state index contributed by atoms with van der Waals surface area (Å²) in [5, 5.41) is 7.01. The van der Waals surface area contributed by atoms with Gasteiger partial charge >= 0.3 is 0 Å². The highest BCUT2D eigenvalue weighted by atomic mass is 32.1. The molecule has 38 heavy (non-hydrogen) atoms. The average molecular weight is 528 g/mol. The molecule has 4 aromatic rings. The molecular formula is C30H30FN5OS. The first-order chi connectivity index (χ1) is 18.3. The normalized spacial score (nSPS) is 16.9. The predicted octanol–water partition coefficient (Wildman–Crippen LogP) is 5.94. The van der Waals surface area contributed by atoms with Crippen LogP contribution in [0.1, 0.15) is 46.7 Å². The number of aromatic nitrogens is 2. The number of nitrogens with zero attached hydrogens (tertiary/aromatic N) is 3. The molecule has 6 nitrogen and oxygen atoms in total. The molecule has 2 aromatic carbocycles. The van der Waals surface area contributed by atoms with Crippen LogP contribution in [0.25, 0.3) is 5.69 Å². The first-order valence-electron chi connectivity index (χ1n) is 12.6. The van der Waals surface area contributed by atoms with Gasteiger partial charge < -0.3 is 20.1 Å². The van der Waals surface area contributed by atoms with E-state index in [9.17, 15) is 9.18 Å². The van der Waals surface area contributed by atoms with Crippen LogP contribution < -0.4 is 10.6 Å². The average Bonchev–Trinajstić information content (AvgIpc) is 3.39. The number of amides is 1. The molecule has 1 aliphatic heterocycles. The third kappa shape index (κ3) is 4.91. The van der Waals surface area contributed by atoms with Crippen LogP contribution in [-0.4, -0.2) is 32.0 Å². The van der Waals surface area contributed by atoms with E-state index in [1.54, 1.807) is 18.3 Å². The lowest BCUT2D eigenvalue weighted by Gasteiger charge is -2.28. The Morgan fingerprint density at radius 2 is 1.79 bits per heavy atom. The van der Waals surface area contributed by atoms with E-state index >= 15 is 0 Å². The zero-order valence-electron chi connectivity index (χ0n) is 21.6. The molecule has 0 saturated carbocycles. The lowest BCUT2D eigenvalue weighted by atomic mass is 9.96. The van der Waals surface area contributed by atoms with Gasteiger partial charge in [0.25, 0.3) is 0 Å². The molecule has 3 heterocycles. The van der Waals surface area contributed by atoms with Gasteiger partial charge in [-0.05, 0) is 80.5 Å². The van der Waals surface area contributed by atoms with Gasteiger partial charge in [0.05, 0.1) is 23.5 Å². The van der Waals surface area contributed by atoms with Gasteiger partial charge in [0.1, 0.15) is 5.82 Å². The lowest BCUT2D eigenvalue weighted by Crippen LogP contribution is -2.33. The summed E-state index contributed by atoms with van der Waals surface area (Å²) in [7, 11) is 0. The number of anilines is 1. The van der Waals surface area contributed by atoms with E-state index < -0.39 is 0 Å². The van der Waals surface area contributed by atoms with E-state index in [0.717, 1.165) is 33.9 Å². The number of para-hydroxylation sites is 2. The summed E-state index contributed by atoms with van der Waals surface area (Å²) in [4.78, 5) is 19.6. The van der Waals surface area contributed by atoms with Gasteiger partial charge in [-0.3, -0.25) is 9.78 Å². The summed E-state index contributed by atoms with van der Waals surface area (Å²) >= 11 is 5.78. The van der Waals surface area contributed by atoms with Crippen molar-refractivity contribution < 1.29 is 9.18 Å². The number of hydrogen-bond donors (Lipinski definition) is 2. The molecule has 194 valence electrons. The van der Waals surface area contributed by atoms with E-state index in [0.29, 0.717) is 17.3 Å². The number of carbonyl (C=O) groups excluding carboxylic acids is 1. The van der Waals surface area contributed by atoms with Crippen LogP contribution >= 0.6 is 12.2 Å². The maximum atomic E-state index is 14.8. The first-order valence-corrected chi connectivity index (χ1v) is 13.0. The van der Waals surface area contributed by atoms with Crippen molar-refractivity contribution in [2.24, 2.45) is 0 Å². The molecule has 1 fully saturated rings. The van der Waals surface area contributed by atoms with Crippen molar-refractivity contribution in [2.75, 3.05) is 11.9 Å². The largest absolute Gasteiger partial charge is 0.352 e. The summed E-state index contributed by atoms with van der Waals surface area (Å²) in [5.41, 5.74) is 6.00. The Kier molecular flexibility index (Phi) is 7.24. The van der Waals surface area contributed by atoms with Crippen LogP contribution in [0.2, 0.25) is 0 Å². The monoisotopic (exact) mass is 527 g/mol. The second-order valence-electron chi connectivity index (χ2n) is 9.55. The van der Waals surface area contributed by atoms with Gasteiger partial charge in [0.15, 0.2) is 5.11 Å². The standard InChI is InChI=1S/C30H30FN5OS/c1-19-10-4-6-12-24(19)33-27(37)15-17-35-29(28(34-30(35)38)25-13-8-9-16-32-25)22-18-20(2)36(21(22)3)26-14-7-5-11-23(26)31/h4-14,16,18,28-29H,15,17H2,1-3H3,(H,33,37)(H,34,38)/t28-,29+/m1/s1. The summed E-state index contributed by atoms with van der Waals surface area (Å²) < 4.78 is 16.7. The zero-order valence-corrected chi connectivity index (χ0v) is 22.4. The summed E-state index contributed by atoms with van der Waals surface area (Å²) in [6, 6.07) is 21.9. The van der Waals surface area contributed by atoms with Crippen LogP contribution in [0.4, 0.5) is 10.1 Å². The van der Waals surface area contributed by atoms with E-state index in [1.807, 2.05) is 73.9 Å². The van der Waals surface area contributed by atoms with Crippen LogP contribution in [-0.2, 0) is 4.79 Å². The van der Waals surface area contributed by atoms with Crippen LogP contribution in [0, 0.1) is 26.6 Å². The van der Waals surface area contributed by atoms with Crippen molar-refractivity contribution >= 4 is 28.9 Å². The van der Waals surface area contributed by atoms with E-state index in [-0.39, 0.29) is 30.2 Å². The number of hydrogen-bond acceptors (Lipinski definition) is 3. The molecule has 5 rings (SSSR count). The van der Waals surface area contributed by atoms with Gasteiger partial charge in [0.2, 0.25) is 5.91 Å². The minimum atomic E-state index is -0.285. The third-order valence-electron chi connectivity index (χ3n) is 7.08. The number of rotatable bonds is 7. The van der Waals surface area contributed by atoms with Crippen LogP contribution in [0.3, 0.4) is 0 Å². The minimum absolute atomic E-state index is 0.0843. The van der Waals surface area contributed by atoms with Gasteiger partial charge in [-0.1, -0.05) is 36.4 Å². The molecule has 0 aliphatic carbocycles. The molecule has 0 unspecified atom stereocenters. The Morgan fingerprint density at radius 3 is 2.53 bits per heavy atom. The quantitative estimate of drug-likeness (QED) is 0.292. The van der Waals surface area contributed by atoms with E-state index in [1.165, 1.54) is 6.07 Å². The number of benzene rings is 2. The van der Waals surface area contributed by atoms with Gasteiger partial charge in [-0.2, -0.15) is 0 Å². The molecular weight excluding hydrogens is 497 g/mol. The molecule has 0 bridgehead atoms. The summed E-state index contributed by atoms with van der Waals surface area (Å²) in [6.45, 7) is 6.35. The third-order valence-corrected chi connectivity index (χ3v) is 7.43. The highest BCUT2D eigenvalue weighted by molar-refractivity contribution is 7.80. The summed E-state index contributed by atoms with van der Waals surface area (Å²) in [6.07, 6.45) is 2.02. The molecule has 1 saturated heterocycles. The Hall–Kier alpha value is -4.04. The molecule has 2 atom stereocenters. The van der Waals surface area contributed by atoms with Crippen molar-refractivity contribution in [1.82, 2.24) is 19.8 Å². The number of aryl methyl sites for hydroxylation is 2. The number of pyridine rings is 1. The van der Waals surface area contributed by atoms with Crippen molar-refractivity contribution in [2.45, 2.75) is 39.3 Å². The maximum absolute atomic E-state index is 14.8. The van der Waals surface area contributed by atoms with Gasteiger partial charge in [-0.25, -0.2) is 4.39 Å². The number of thiocarbonyl (C=S) groups is 1. The van der Waals surface area contributed by atoms with Crippen molar-refractivity contribution in [3.63, 3.8) is 0 Å². The molecule has 1 amide bonds. The highest BCUT2D eigenvalue weighted by Crippen LogP contribution is 2.41. The fourth-order valence-corrected chi connectivity index (χ4v) is 5.56. The second kappa shape index (κ2) is 10.8. The zero-order chi connectivity index (χ0) is 26.8. The highest BCUT2D eigenvalue weighted by Gasteiger charge is 2.41. The van der Waals surface area contributed by atoms with Crippen molar-refractivity contribution in [3.05, 3.63) is 113 Å². The van der Waals surface area contributed by atoms with Gasteiger partial charge in [-0.15, -0.1) is 0 Å². The molecule has 2 N–H and O–H groups in total. The van der Waals surface area contributed by atoms with Crippen molar-refractivity contribution in [3.8, 4) is 5.69 Å². The smallest absolute Gasteiger partial charge is 0.226 e. The Bertz CT molecular complexity index is 1490.